The van der Waals surface area contributed by atoms with Crippen LogP contribution in [0.2, 0.25) is 0 Å². The van der Waals surface area contributed by atoms with Gasteiger partial charge in [-0.1, -0.05) is 12.1 Å². The molecule has 17 nitrogen and oxygen atoms in total. The third-order valence-electron chi connectivity index (χ3n) is 6.94. The summed E-state index contributed by atoms with van der Waals surface area (Å²) in [5, 5.41) is 48.6. The number of hydrogen-bond donors (Lipinski definition) is 5. The van der Waals surface area contributed by atoms with Crippen molar-refractivity contribution in [2.45, 2.75) is 25.0 Å². The number of nitro groups is 1. The Labute approximate surface area is 247 Å². The molecule has 0 aromatic heterocycles. The highest BCUT2D eigenvalue weighted by molar-refractivity contribution is 7.57. The number of carbonyl (C=O) groups is 4. The zero-order valence-corrected chi connectivity index (χ0v) is 24.5. The third-order valence-corrected chi connectivity index (χ3v) is 8.65. The zero-order chi connectivity index (χ0) is 32.2. The largest absolute Gasteiger partial charge is 0.481 e. The molecule has 1 aliphatic rings. The topological polar surface area (TPSA) is 243 Å². The highest BCUT2D eigenvalue weighted by Gasteiger charge is 2.29. The summed E-state index contributed by atoms with van der Waals surface area (Å²) in [7, 11) is -3.88. The summed E-state index contributed by atoms with van der Waals surface area (Å²) in [5.74, 6) is -4.69. The van der Waals surface area contributed by atoms with E-state index in [0.717, 1.165) is 0 Å². The minimum Gasteiger partial charge on any atom is -0.481 e. The highest BCUT2D eigenvalue weighted by Crippen LogP contribution is 2.45. The number of carboxylic acid groups (broad SMARTS) is 4. The summed E-state index contributed by atoms with van der Waals surface area (Å²) in [5.41, 5.74) is 0.258. The van der Waals surface area contributed by atoms with Gasteiger partial charge >= 0.3 is 23.9 Å². The van der Waals surface area contributed by atoms with Gasteiger partial charge in [0.2, 0.25) is 7.37 Å². The van der Waals surface area contributed by atoms with Gasteiger partial charge in [0.15, 0.2) is 0 Å². The Morgan fingerprint density at radius 1 is 0.791 bits per heavy atom. The minimum absolute atomic E-state index is 0.0589. The molecular formula is C25H38N5O12P. The van der Waals surface area contributed by atoms with Crippen LogP contribution in [0.5, 0.6) is 0 Å². The third kappa shape index (κ3) is 13.6. The quantitative estimate of drug-likeness (QED) is 0.103. The molecule has 0 saturated carbocycles. The van der Waals surface area contributed by atoms with Crippen molar-refractivity contribution in [2.75, 3.05) is 71.7 Å². The van der Waals surface area contributed by atoms with Crippen LogP contribution in [0.1, 0.15) is 18.4 Å². The molecule has 5 N–H and O–H groups in total. The zero-order valence-electron chi connectivity index (χ0n) is 23.6. The average Bonchev–Trinajstić information content (AvgIpc) is 2.88. The molecule has 1 heterocycles. The van der Waals surface area contributed by atoms with Gasteiger partial charge in [0.05, 0.1) is 30.5 Å². The van der Waals surface area contributed by atoms with E-state index >= 15 is 0 Å². The van der Waals surface area contributed by atoms with Crippen LogP contribution >= 0.6 is 7.37 Å². The van der Waals surface area contributed by atoms with Crippen LogP contribution < -0.4 is 0 Å². The first kappa shape index (κ1) is 35.7. The predicted molar refractivity (Wildman–Crippen MR) is 151 cm³/mol. The predicted octanol–water partition coefficient (Wildman–Crippen LogP) is 0.0315. The molecule has 1 fully saturated rings. The van der Waals surface area contributed by atoms with Crippen LogP contribution in [0.15, 0.2) is 24.3 Å². The number of carboxylic acids is 4. The molecule has 1 aromatic rings. The lowest BCUT2D eigenvalue weighted by atomic mass is 10.1. The molecule has 2 atom stereocenters. The van der Waals surface area contributed by atoms with Gasteiger partial charge in [-0.2, -0.15) is 0 Å². The standard InChI is InChI=1S/C25H38N5O12P/c31-22(32)6-5-21(25(37)38)29-13-11-26(15-23(33)34)7-9-28(10-8-27(12-14-29)16-24(35)36)18-43(41,42)17-19-1-3-20(4-2-19)30(39)40/h1-4,21H,5-18H2,(H,31,32)(H,33,34)(H,35,36)(H,37,38)(H,41,42). The van der Waals surface area contributed by atoms with Crippen molar-refractivity contribution in [3.8, 4) is 0 Å². The molecule has 240 valence electrons. The average molecular weight is 632 g/mol. The molecule has 43 heavy (non-hydrogen) atoms. The number of non-ortho nitro benzene ring substituents is 1. The second kappa shape index (κ2) is 17.0. The summed E-state index contributed by atoms with van der Waals surface area (Å²) >= 11 is 0. The van der Waals surface area contributed by atoms with Crippen molar-refractivity contribution in [2.24, 2.45) is 0 Å². The molecule has 0 amide bonds. The van der Waals surface area contributed by atoms with E-state index in [4.69, 9.17) is 5.11 Å². The molecule has 0 spiro atoms. The van der Waals surface area contributed by atoms with Crippen molar-refractivity contribution in [3.63, 3.8) is 0 Å². The fourth-order valence-electron chi connectivity index (χ4n) is 4.80. The summed E-state index contributed by atoms with van der Waals surface area (Å²) in [4.78, 5) is 73.6. The number of rotatable bonds is 14. The number of nitro benzene ring substituents is 1. The van der Waals surface area contributed by atoms with E-state index in [2.05, 4.69) is 0 Å². The van der Waals surface area contributed by atoms with Crippen molar-refractivity contribution in [3.05, 3.63) is 39.9 Å². The molecule has 0 bridgehead atoms. The van der Waals surface area contributed by atoms with E-state index in [1.807, 2.05) is 0 Å². The molecule has 1 aromatic carbocycles. The van der Waals surface area contributed by atoms with Crippen LogP contribution in [0.3, 0.4) is 0 Å². The molecule has 1 aliphatic heterocycles. The van der Waals surface area contributed by atoms with Crippen molar-refractivity contribution >= 4 is 36.9 Å². The van der Waals surface area contributed by atoms with Crippen LogP contribution in [-0.4, -0.2) is 151 Å². The number of hydrogen-bond acceptors (Lipinski definition) is 11. The van der Waals surface area contributed by atoms with Gasteiger partial charge in [0, 0.05) is 70.9 Å². The summed E-state index contributed by atoms with van der Waals surface area (Å²) in [6.07, 6.45) is -1.16. The van der Waals surface area contributed by atoms with E-state index in [0.29, 0.717) is 5.56 Å². The Morgan fingerprint density at radius 2 is 1.26 bits per heavy atom. The SMILES string of the molecule is O=C(O)CCC(C(=O)O)N1CCN(CC(=O)O)CCN(CP(=O)(O)Cc2ccc([N+](=O)[O-])cc2)CCN(CC(=O)O)CC1. The maximum Gasteiger partial charge on any atom is 0.320 e. The van der Waals surface area contributed by atoms with Gasteiger partial charge < -0.3 is 25.3 Å². The molecular weight excluding hydrogens is 593 g/mol. The van der Waals surface area contributed by atoms with E-state index in [-0.39, 0.29) is 90.0 Å². The van der Waals surface area contributed by atoms with Gasteiger partial charge in [-0.05, 0) is 12.0 Å². The Kier molecular flexibility index (Phi) is 14.1. The van der Waals surface area contributed by atoms with Gasteiger partial charge in [0.25, 0.3) is 5.69 Å². The Morgan fingerprint density at radius 3 is 1.67 bits per heavy atom. The van der Waals surface area contributed by atoms with Crippen molar-refractivity contribution in [1.29, 1.82) is 0 Å². The first-order valence-corrected chi connectivity index (χ1v) is 15.5. The maximum atomic E-state index is 13.2. The number of benzene rings is 1. The van der Waals surface area contributed by atoms with Gasteiger partial charge in [-0.3, -0.25) is 53.5 Å². The van der Waals surface area contributed by atoms with Crippen LogP contribution in [0.4, 0.5) is 5.69 Å². The summed E-state index contributed by atoms with van der Waals surface area (Å²) in [6.45, 7) is 0.0596. The molecule has 2 unspecified atom stereocenters. The number of nitrogens with zero attached hydrogens (tertiary/aromatic N) is 5. The minimum atomic E-state index is -3.88. The monoisotopic (exact) mass is 631 g/mol. The molecule has 2 rings (SSSR count). The van der Waals surface area contributed by atoms with Crippen molar-refractivity contribution in [1.82, 2.24) is 19.6 Å². The van der Waals surface area contributed by atoms with Crippen LogP contribution in [-0.2, 0) is 29.9 Å². The second-order valence-corrected chi connectivity index (χ2v) is 12.6. The van der Waals surface area contributed by atoms with Gasteiger partial charge in [-0.25, -0.2) is 0 Å². The maximum absolute atomic E-state index is 13.2. The molecule has 18 heteroatoms. The Bertz CT molecular complexity index is 1150. The van der Waals surface area contributed by atoms with Gasteiger partial charge in [0.1, 0.15) is 6.04 Å². The lowest BCUT2D eigenvalue weighted by molar-refractivity contribution is -0.384. The lowest BCUT2D eigenvalue weighted by Crippen LogP contribution is -2.51. The lowest BCUT2D eigenvalue weighted by Gasteiger charge is -2.35. The van der Waals surface area contributed by atoms with E-state index < -0.39 is 48.6 Å². The molecule has 0 aliphatic carbocycles. The fourth-order valence-corrected chi connectivity index (χ4v) is 6.59. The normalized spacial score (nSPS) is 18.9. The second-order valence-electron chi connectivity index (χ2n) is 10.3. The molecule has 1 saturated heterocycles. The fraction of sp³-hybridized carbons (Fsp3) is 0.600. The number of aliphatic carboxylic acids is 4. The molecule has 0 radical (unpaired) electrons. The Hall–Kier alpha value is -3.47. The van der Waals surface area contributed by atoms with E-state index in [1.54, 1.807) is 14.7 Å². The Balaban J connectivity index is 2.26. The smallest absolute Gasteiger partial charge is 0.320 e. The summed E-state index contributed by atoms with van der Waals surface area (Å²) in [6, 6.07) is 4.08. The highest BCUT2D eigenvalue weighted by atomic mass is 31.2. The van der Waals surface area contributed by atoms with E-state index in [9.17, 15) is 54.1 Å². The first-order chi connectivity index (χ1) is 20.1. The van der Waals surface area contributed by atoms with Gasteiger partial charge in [-0.15, -0.1) is 0 Å². The van der Waals surface area contributed by atoms with Crippen molar-refractivity contribution < 1.29 is 54.0 Å². The summed E-state index contributed by atoms with van der Waals surface area (Å²) < 4.78 is 13.2. The first-order valence-electron chi connectivity index (χ1n) is 13.5. The van der Waals surface area contributed by atoms with Crippen LogP contribution in [0.25, 0.3) is 0 Å². The van der Waals surface area contributed by atoms with Crippen LogP contribution in [0, 0.1) is 10.1 Å². The van der Waals surface area contributed by atoms with E-state index in [1.165, 1.54) is 29.2 Å².